The first-order chi connectivity index (χ1) is 11.0. The average Bonchev–Trinajstić information content (AvgIpc) is 2.86. The van der Waals surface area contributed by atoms with Gasteiger partial charge in [0.05, 0.1) is 25.6 Å². The van der Waals surface area contributed by atoms with Gasteiger partial charge in [-0.15, -0.1) is 17.8 Å². The second kappa shape index (κ2) is 7.07. The Labute approximate surface area is 137 Å². The Bertz CT molecular complexity index is 807. The van der Waals surface area contributed by atoms with E-state index in [9.17, 15) is 9.59 Å². The minimum absolute atomic E-state index is 0.0239. The van der Waals surface area contributed by atoms with E-state index in [1.165, 1.54) is 18.4 Å². The van der Waals surface area contributed by atoms with Gasteiger partial charge in [0.15, 0.2) is 0 Å². The van der Waals surface area contributed by atoms with Gasteiger partial charge in [-0.25, -0.2) is 14.8 Å². The molecule has 23 heavy (non-hydrogen) atoms. The number of hydrogen-bond acceptors (Lipinski definition) is 7. The van der Waals surface area contributed by atoms with Crippen molar-refractivity contribution in [3.8, 4) is 12.3 Å². The molecule has 0 saturated carbocycles. The van der Waals surface area contributed by atoms with Gasteiger partial charge < -0.3 is 15.4 Å². The van der Waals surface area contributed by atoms with Gasteiger partial charge in [-0.05, 0) is 19.4 Å². The maximum atomic E-state index is 11.8. The Balaban J connectivity index is 2.36. The van der Waals surface area contributed by atoms with Crippen LogP contribution in [0.1, 0.15) is 21.1 Å². The van der Waals surface area contributed by atoms with Crippen molar-refractivity contribution in [2.45, 2.75) is 13.8 Å². The van der Waals surface area contributed by atoms with Crippen LogP contribution in [0.25, 0.3) is 10.2 Å². The number of fused-ring (bicyclic) bond motifs is 1. The van der Waals surface area contributed by atoms with Gasteiger partial charge in [-0.3, -0.25) is 4.79 Å². The number of aromatic nitrogens is 2. The van der Waals surface area contributed by atoms with E-state index in [0.29, 0.717) is 26.7 Å². The van der Waals surface area contributed by atoms with E-state index in [1.54, 1.807) is 13.8 Å². The molecular formula is C15H16N4O3S. The Kier molecular flexibility index (Phi) is 5.13. The molecule has 0 aromatic carbocycles. The van der Waals surface area contributed by atoms with Crippen molar-refractivity contribution in [1.82, 2.24) is 15.3 Å². The standard InChI is InChI=1S/C15H16N4O3S/c1-5-6-16-10(20)7-17-13-11-8(2)12(15(21)22-4)23-14(11)19-9(3)18-13/h1H,6-7H2,2-4H3,(H,16,20)(H,17,18,19). The first-order valence-corrected chi connectivity index (χ1v) is 7.59. The first-order valence-electron chi connectivity index (χ1n) is 6.78. The van der Waals surface area contributed by atoms with E-state index < -0.39 is 5.97 Å². The molecule has 0 aliphatic rings. The fraction of sp³-hybridized carbons (Fsp3) is 0.333. The summed E-state index contributed by atoms with van der Waals surface area (Å²) >= 11 is 1.24. The Hall–Kier alpha value is -2.66. The van der Waals surface area contributed by atoms with Crippen molar-refractivity contribution in [2.24, 2.45) is 0 Å². The number of hydrogen-bond donors (Lipinski definition) is 2. The van der Waals surface area contributed by atoms with Gasteiger partial charge in [0.1, 0.15) is 21.3 Å². The molecule has 2 aromatic heterocycles. The number of methoxy groups -OCH3 is 1. The fourth-order valence-corrected chi connectivity index (χ4v) is 3.18. The van der Waals surface area contributed by atoms with Crippen LogP contribution in [0, 0.1) is 26.2 Å². The lowest BCUT2D eigenvalue weighted by molar-refractivity contribution is -0.119. The number of aryl methyl sites for hydroxylation is 2. The quantitative estimate of drug-likeness (QED) is 0.632. The summed E-state index contributed by atoms with van der Waals surface area (Å²) in [5, 5.41) is 6.24. The van der Waals surface area contributed by atoms with Crippen LogP contribution in [0.2, 0.25) is 0 Å². The maximum Gasteiger partial charge on any atom is 0.348 e. The molecule has 0 fully saturated rings. The second-order valence-corrected chi connectivity index (χ2v) is 5.68. The van der Waals surface area contributed by atoms with Crippen molar-refractivity contribution in [1.29, 1.82) is 0 Å². The minimum atomic E-state index is -0.416. The highest BCUT2D eigenvalue weighted by Gasteiger charge is 2.20. The number of rotatable bonds is 5. The predicted octanol–water partition coefficient (Wildman–Crippen LogP) is 1.26. The van der Waals surface area contributed by atoms with Gasteiger partial charge in [0.25, 0.3) is 0 Å². The zero-order valence-electron chi connectivity index (χ0n) is 13.0. The molecule has 8 heteroatoms. The number of anilines is 1. The lowest BCUT2D eigenvalue weighted by Gasteiger charge is -2.08. The van der Waals surface area contributed by atoms with E-state index in [4.69, 9.17) is 11.2 Å². The van der Waals surface area contributed by atoms with Crippen LogP contribution >= 0.6 is 11.3 Å². The molecule has 2 aromatic rings. The highest BCUT2D eigenvalue weighted by Crippen LogP contribution is 2.34. The van der Waals surface area contributed by atoms with Gasteiger partial charge in [0, 0.05) is 0 Å². The molecule has 0 spiro atoms. The smallest absolute Gasteiger partial charge is 0.348 e. The number of esters is 1. The molecule has 7 nitrogen and oxygen atoms in total. The molecule has 0 atom stereocenters. The lowest BCUT2D eigenvalue weighted by atomic mass is 10.2. The van der Waals surface area contributed by atoms with E-state index in [1.807, 2.05) is 0 Å². The summed E-state index contributed by atoms with van der Waals surface area (Å²) in [6.45, 7) is 3.74. The highest BCUT2D eigenvalue weighted by molar-refractivity contribution is 7.20. The Morgan fingerprint density at radius 1 is 1.35 bits per heavy atom. The number of nitrogens with zero attached hydrogens (tertiary/aromatic N) is 2. The van der Waals surface area contributed by atoms with Gasteiger partial charge in [0.2, 0.25) is 5.91 Å². The molecule has 0 radical (unpaired) electrons. The van der Waals surface area contributed by atoms with Gasteiger partial charge >= 0.3 is 5.97 Å². The molecule has 2 heterocycles. The molecule has 2 N–H and O–H groups in total. The van der Waals surface area contributed by atoms with Gasteiger partial charge in [-0.1, -0.05) is 5.92 Å². The van der Waals surface area contributed by atoms with Crippen LogP contribution in [0.15, 0.2) is 0 Å². The number of terminal acetylenes is 1. The van der Waals surface area contributed by atoms with Crippen LogP contribution in [0.4, 0.5) is 5.82 Å². The summed E-state index contributed by atoms with van der Waals surface area (Å²) < 4.78 is 4.78. The number of carbonyl (C=O) groups excluding carboxylic acids is 2. The largest absolute Gasteiger partial charge is 0.465 e. The lowest BCUT2D eigenvalue weighted by Crippen LogP contribution is -2.30. The minimum Gasteiger partial charge on any atom is -0.465 e. The molecule has 0 aliphatic carbocycles. The van der Waals surface area contributed by atoms with Crippen molar-refractivity contribution >= 4 is 39.2 Å². The summed E-state index contributed by atoms with van der Waals surface area (Å²) in [4.78, 5) is 33.3. The molecule has 2 rings (SSSR count). The zero-order chi connectivity index (χ0) is 17.0. The number of carbonyl (C=O) groups is 2. The summed E-state index contributed by atoms with van der Waals surface area (Å²) in [6.07, 6.45) is 5.09. The molecule has 0 bridgehead atoms. The average molecular weight is 332 g/mol. The van der Waals surface area contributed by atoms with Gasteiger partial charge in [-0.2, -0.15) is 0 Å². The number of nitrogens with one attached hydrogen (secondary N) is 2. The highest BCUT2D eigenvalue weighted by atomic mass is 32.1. The van der Waals surface area contributed by atoms with E-state index >= 15 is 0 Å². The zero-order valence-corrected chi connectivity index (χ0v) is 13.8. The van der Waals surface area contributed by atoms with E-state index in [2.05, 4.69) is 26.5 Å². The monoisotopic (exact) mass is 332 g/mol. The van der Waals surface area contributed by atoms with E-state index in [-0.39, 0.29) is 19.0 Å². The number of amides is 1. The SMILES string of the molecule is C#CCNC(=O)CNc1nc(C)nc2sc(C(=O)OC)c(C)c12. The number of thiophene rings is 1. The Morgan fingerprint density at radius 2 is 2.09 bits per heavy atom. The van der Waals surface area contributed by atoms with Crippen molar-refractivity contribution in [2.75, 3.05) is 25.5 Å². The van der Waals surface area contributed by atoms with Crippen molar-refractivity contribution in [3.63, 3.8) is 0 Å². The maximum absolute atomic E-state index is 11.8. The van der Waals surface area contributed by atoms with Crippen molar-refractivity contribution < 1.29 is 14.3 Å². The summed E-state index contributed by atoms with van der Waals surface area (Å²) in [5.74, 6) is 2.72. The molecule has 120 valence electrons. The third-order valence-corrected chi connectivity index (χ3v) is 4.24. The molecule has 0 unspecified atom stereocenters. The summed E-state index contributed by atoms with van der Waals surface area (Å²) in [5.41, 5.74) is 0.725. The summed E-state index contributed by atoms with van der Waals surface area (Å²) in [7, 11) is 1.33. The normalized spacial score (nSPS) is 10.2. The number of ether oxygens (including phenoxy) is 1. The molecule has 0 aliphatic heterocycles. The van der Waals surface area contributed by atoms with Crippen LogP contribution in [0.3, 0.4) is 0 Å². The topological polar surface area (TPSA) is 93.2 Å². The van der Waals surface area contributed by atoms with Crippen LogP contribution in [0.5, 0.6) is 0 Å². The predicted molar refractivity (Wildman–Crippen MR) is 88.6 cm³/mol. The van der Waals surface area contributed by atoms with Crippen LogP contribution in [-0.4, -0.2) is 42.0 Å². The van der Waals surface area contributed by atoms with Crippen molar-refractivity contribution in [3.05, 3.63) is 16.3 Å². The van der Waals surface area contributed by atoms with E-state index in [0.717, 1.165) is 5.56 Å². The molecular weight excluding hydrogens is 316 g/mol. The van der Waals surface area contributed by atoms with Crippen LogP contribution in [-0.2, 0) is 9.53 Å². The fourth-order valence-electron chi connectivity index (χ4n) is 2.04. The molecule has 0 saturated heterocycles. The molecule has 1 amide bonds. The third-order valence-electron chi connectivity index (χ3n) is 3.08. The van der Waals surface area contributed by atoms with Crippen LogP contribution < -0.4 is 10.6 Å². The second-order valence-electron chi connectivity index (χ2n) is 4.68. The first kappa shape index (κ1) is 16.7. The summed E-state index contributed by atoms with van der Waals surface area (Å²) in [6, 6.07) is 0. The Morgan fingerprint density at radius 3 is 2.74 bits per heavy atom. The third kappa shape index (κ3) is 3.57.